The molecule has 2 N–H and O–H groups in total. The normalized spacial score (nSPS) is 26.8. The molecule has 36 heavy (non-hydrogen) atoms. The predicted molar refractivity (Wildman–Crippen MR) is 148 cm³/mol. The van der Waals surface area contributed by atoms with E-state index in [-0.39, 0.29) is 6.04 Å². The van der Waals surface area contributed by atoms with Crippen molar-refractivity contribution < 1.29 is 0 Å². The Morgan fingerprint density at radius 3 is 2.67 bits per heavy atom. The maximum absolute atomic E-state index is 5.46. The molecule has 0 amide bonds. The highest BCUT2D eigenvalue weighted by molar-refractivity contribution is 6.05. The first kappa shape index (κ1) is 21.6. The van der Waals surface area contributed by atoms with Crippen molar-refractivity contribution in [2.24, 2.45) is 15.9 Å². The smallest absolute Gasteiger partial charge is 0.133 e. The lowest BCUT2D eigenvalue weighted by molar-refractivity contribution is 0.522. The van der Waals surface area contributed by atoms with Crippen LogP contribution in [-0.4, -0.2) is 24.3 Å². The van der Waals surface area contributed by atoms with E-state index in [4.69, 9.17) is 9.98 Å². The highest BCUT2D eigenvalue weighted by Crippen LogP contribution is 2.41. The van der Waals surface area contributed by atoms with Crippen molar-refractivity contribution in [1.29, 1.82) is 0 Å². The van der Waals surface area contributed by atoms with Crippen LogP contribution in [0.2, 0.25) is 0 Å². The summed E-state index contributed by atoms with van der Waals surface area (Å²) in [7, 11) is 0. The van der Waals surface area contributed by atoms with E-state index in [1.807, 2.05) is 0 Å². The molecule has 6 aliphatic rings. The molecule has 1 aromatic rings. The Bertz CT molecular complexity index is 1370. The molecule has 2 aliphatic heterocycles. The first-order valence-corrected chi connectivity index (χ1v) is 13.4. The van der Waals surface area contributed by atoms with Crippen molar-refractivity contribution in [1.82, 2.24) is 10.6 Å². The fourth-order valence-electron chi connectivity index (χ4n) is 6.43. The molecule has 4 aliphatic carbocycles. The zero-order valence-electron chi connectivity index (χ0n) is 20.6. The summed E-state index contributed by atoms with van der Waals surface area (Å²) >= 11 is 0. The van der Waals surface area contributed by atoms with Gasteiger partial charge in [-0.25, -0.2) is 0 Å². The first-order valence-electron chi connectivity index (χ1n) is 13.4. The van der Waals surface area contributed by atoms with Gasteiger partial charge in [-0.15, -0.1) is 0 Å². The molecule has 0 saturated carbocycles. The minimum Gasteiger partial charge on any atom is -0.343 e. The van der Waals surface area contributed by atoms with Crippen LogP contribution in [0.15, 0.2) is 122 Å². The van der Waals surface area contributed by atoms with E-state index in [2.05, 4.69) is 83.5 Å². The molecule has 0 bridgehead atoms. The molecule has 180 valence electrons. The molecule has 4 nitrogen and oxygen atoms in total. The molecule has 0 saturated heterocycles. The van der Waals surface area contributed by atoms with Gasteiger partial charge in [0.05, 0.1) is 12.6 Å². The van der Waals surface area contributed by atoms with Gasteiger partial charge in [-0.2, -0.15) is 0 Å². The summed E-state index contributed by atoms with van der Waals surface area (Å²) in [5.74, 6) is 2.46. The van der Waals surface area contributed by atoms with Crippen molar-refractivity contribution in [3.05, 3.63) is 118 Å². The Labute approximate surface area is 213 Å². The van der Waals surface area contributed by atoms with Gasteiger partial charge in [0.2, 0.25) is 0 Å². The Morgan fingerprint density at radius 2 is 1.78 bits per heavy atom. The van der Waals surface area contributed by atoms with Crippen LogP contribution in [0.1, 0.15) is 50.5 Å². The number of fused-ring (bicyclic) bond motifs is 1. The second-order valence-corrected chi connectivity index (χ2v) is 10.4. The number of hydrogen-bond acceptors (Lipinski definition) is 4. The van der Waals surface area contributed by atoms with Crippen LogP contribution in [0.4, 0.5) is 0 Å². The van der Waals surface area contributed by atoms with Gasteiger partial charge < -0.3 is 10.6 Å². The van der Waals surface area contributed by atoms with E-state index in [9.17, 15) is 0 Å². The van der Waals surface area contributed by atoms with E-state index >= 15 is 0 Å². The lowest BCUT2D eigenvalue weighted by Gasteiger charge is -2.39. The van der Waals surface area contributed by atoms with Crippen molar-refractivity contribution in [3.8, 4) is 0 Å². The van der Waals surface area contributed by atoms with Crippen LogP contribution < -0.4 is 10.6 Å². The van der Waals surface area contributed by atoms with E-state index in [1.54, 1.807) is 0 Å². The molecule has 7 rings (SSSR count). The lowest BCUT2D eigenvalue weighted by Crippen LogP contribution is -2.42. The number of amidine groups is 2. The average Bonchev–Trinajstić information content (AvgIpc) is 2.97. The van der Waals surface area contributed by atoms with Crippen LogP contribution in [0.3, 0.4) is 0 Å². The summed E-state index contributed by atoms with van der Waals surface area (Å²) in [6.07, 6.45) is 23.7. The summed E-state index contributed by atoms with van der Waals surface area (Å²) in [5.41, 5.74) is 10.8. The number of nitrogens with one attached hydrogen (secondary N) is 2. The lowest BCUT2D eigenvalue weighted by atomic mass is 9.79. The van der Waals surface area contributed by atoms with Crippen LogP contribution in [0, 0.1) is 5.92 Å². The summed E-state index contributed by atoms with van der Waals surface area (Å²) in [4.78, 5) is 10.5. The Morgan fingerprint density at radius 1 is 0.833 bits per heavy atom. The minimum atomic E-state index is 0.178. The predicted octanol–water partition coefficient (Wildman–Crippen LogP) is 6.21. The molecule has 0 radical (unpaired) electrons. The van der Waals surface area contributed by atoms with E-state index < -0.39 is 0 Å². The molecule has 2 unspecified atom stereocenters. The van der Waals surface area contributed by atoms with Crippen LogP contribution in [0.5, 0.6) is 0 Å². The quantitative estimate of drug-likeness (QED) is 0.550. The van der Waals surface area contributed by atoms with Crippen LogP contribution in [-0.2, 0) is 0 Å². The molecule has 1 aromatic carbocycles. The Kier molecular flexibility index (Phi) is 5.46. The second kappa shape index (κ2) is 9.09. The maximum atomic E-state index is 5.46. The van der Waals surface area contributed by atoms with E-state index in [0.29, 0.717) is 12.5 Å². The number of nitrogens with zero attached hydrogens (tertiary/aromatic N) is 2. The SMILES string of the molecule is C1=CCC(C2N=C(C3=CCCC4=C3CCC=C4)NC3=C2CCC2=C3CN=C(c3ccccc3)N2)C=C1. The van der Waals surface area contributed by atoms with E-state index in [1.165, 1.54) is 39.3 Å². The third-order valence-electron chi connectivity index (χ3n) is 8.24. The second-order valence-electron chi connectivity index (χ2n) is 10.4. The van der Waals surface area contributed by atoms with Crippen molar-refractivity contribution in [2.75, 3.05) is 6.54 Å². The summed E-state index contributed by atoms with van der Waals surface area (Å²) in [5, 5.41) is 7.57. The fraction of sp³-hybridized carbons (Fsp3) is 0.312. The van der Waals surface area contributed by atoms with E-state index in [0.717, 1.165) is 62.2 Å². The fourth-order valence-corrected chi connectivity index (χ4v) is 6.43. The molecule has 0 fully saturated rings. The Hall–Kier alpha value is -3.66. The summed E-state index contributed by atoms with van der Waals surface area (Å²) < 4.78 is 0. The average molecular weight is 473 g/mol. The Balaban J connectivity index is 1.27. The molecule has 0 spiro atoms. The highest BCUT2D eigenvalue weighted by atomic mass is 15.1. The standard InChI is InChI=1S/C32H32N4/c1-3-11-22(12-4-1)29-26-18-19-28-27(20-33-31(34-28)23-13-5-2-6-14-23)30(26)36-32(35-29)25-17-9-15-21-10-7-8-16-24(21)25/h1-7,10-11,13-14,17,22,29H,8-9,12,15-16,18-20H2,(H,33,34)(H,35,36). The van der Waals surface area contributed by atoms with Crippen molar-refractivity contribution in [2.45, 2.75) is 51.0 Å². The van der Waals surface area contributed by atoms with Gasteiger partial charge in [-0.3, -0.25) is 9.98 Å². The summed E-state index contributed by atoms with van der Waals surface area (Å²) in [6.45, 7) is 0.703. The van der Waals surface area contributed by atoms with Gasteiger partial charge in [0.25, 0.3) is 0 Å². The number of aliphatic imine (C=N–C) groups is 2. The zero-order chi connectivity index (χ0) is 23.9. The molecule has 0 aromatic heterocycles. The molecular weight excluding hydrogens is 440 g/mol. The van der Waals surface area contributed by atoms with Gasteiger partial charge in [-0.05, 0) is 61.7 Å². The monoisotopic (exact) mass is 472 g/mol. The van der Waals surface area contributed by atoms with Gasteiger partial charge >= 0.3 is 0 Å². The zero-order valence-corrected chi connectivity index (χ0v) is 20.6. The van der Waals surface area contributed by atoms with Crippen LogP contribution in [0.25, 0.3) is 0 Å². The van der Waals surface area contributed by atoms with Crippen molar-refractivity contribution in [3.63, 3.8) is 0 Å². The third kappa shape index (κ3) is 3.76. The van der Waals surface area contributed by atoms with Gasteiger partial charge in [0.1, 0.15) is 11.7 Å². The topological polar surface area (TPSA) is 48.8 Å². The van der Waals surface area contributed by atoms with Gasteiger partial charge in [0, 0.05) is 34.0 Å². The largest absolute Gasteiger partial charge is 0.343 e. The highest BCUT2D eigenvalue weighted by Gasteiger charge is 2.36. The summed E-state index contributed by atoms with van der Waals surface area (Å²) in [6, 6.07) is 10.7. The first-order chi connectivity index (χ1) is 17.8. The minimum absolute atomic E-state index is 0.178. The third-order valence-corrected chi connectivity index (χ3v) is 8.24. The molecule has 2 atom stereocenters. The van der Waals surface area contributed by atoms with Crippen molar-refractivity contribution >= 4 is 11.7 Å². The number of hydrogen-bond donors (Lipinski definition) is 2. The number of benzene rings is 1. The number of allylic oxidation sites excluding steroid dienone is 8. The number of rotatable bonds is 3. The maximum Gasteiger partial charge on any atom is 0.133 e. The van der Waals surface area contributed by atoms with Gasteiger partial charge in [-0.1, -0.05) is 72.9 Å². The molecule has 2 heterocycles. The molecular formula is C32H32N4. The van der Waals surface area contributed by atoms with Gasteiger partial charge in [0.15, 0.2) is 0 Å². The van der Waals surface area contributed by atoms with Crippen LogP contribution >= 0.6 is 0 Å². The molecule has 4 heteroatoms.